The number of nitrogens with zero attached hydrogens (tertiary/aromatic N) is 4. The highest BCUT2D eigenvalue weighted by Crippen LogP contribution is 2.43. The van der Waals surface area contributed by atoms with Crippen LogP contribution in [0.15, 0.2) is 24.5 Å². The van der Waals surface area contributed by atoms with Crippen LogP contribution in [0, 0.1) is 11.8 Å². The summed E-state index contributed by atoms with van der Waals surface area (Å²) in [5.74, 6) is -2.78. The van der Waals surface area contributed by atoms with Crippen molar-refractivity contribution in [1.29, 1.82) is 0 Å². The Bertz CT molecular complexity index is 836. The minimum Gasteiger partial charge on any atom is -0.335 e. The first-order chi connectivity index (χ1) is 14.9. The summed E-state index contributed by atoms with van der Waals surface area (Å²) in [5, 5.41) is 0. The number of hydrogen-bond donors (Lipinski definition) is 0. The van der Waals surface area contributed by atoms with Crippen LogP contribution in [0.25, 0.3) is 0 Å². The number of halogens is 2. The molecule has 168 valence electrons. The highest BCUT2D eigenvalue weighted by Gasteiger charge is 2.53. The van der Waals surface area contributed by atoms with Gasteiger partial charge in [0.2, 0.25) is 11.8 Å². The molecule has 4 aliphatic heterocycles. The average molecular weight is 433 g/mol. The summed E-state index contributed by atoms with van der Waals surface area (Å²) in [6.07, 6.45) is 6.83. The molecule has 8 heteroatoms. The Kier molecular flexibility index (Phi) is 5.44. The fourth-order valence-electron chi connectivity index (χ4n) is 6.29. The van der Waals surface area contributed by atoms with Crippen LogP contribution in [0.3, 0.4) is 0 Å². The van der Waals surface area contributed by atoms with Crippen LogP contribution in [-0.4, -0.2) is 75.7 Å². The number of amides is 2. The Morgan fingerprint density at radius 3 is 2.84 bits per heavy atom. The van der Waals surface area contributed by atoms with E-state index in [0.717, 1.165) is 37.9 Å². The molecule has 4 aliphatic rings. The van der Waals surface area contributed by atoms with E-state index in [-0.39, 0.29) is 30.2 Å². The Morgan fingerprint density at radius 1 is 1.23 bits per heavy atom. The first-order valence-electron chi connectivity index (χ1n) is 11.5. The highest BCUT2D eigenvalue weighted by atomic mass is 19.3. The summed E-state index contributed by atoms with van der Waals surface area (Å²) in [5.41, 5.74) is 1.12. The quantitative estimate of drug-likeness (QED) is 0.737. The molecule has 31 heavy (non-hydrogen) atoms. The average Bonchev–Trinajstić information content (AvgIpc) is 2.74. The molecule has 5 rings (SSSR count). The van der Waals surface area contributed by atoms with Crippen molar-refractivity contribution in [2.75, 3.05) is 26.2 Å². The van der Waals surface area contributed by atoms with E-state index < -0.39 is 18.5 Å². The maximum atomic E-state index is 14.1. The Balaban J connectivity index is 1.41. The normalized spacial score (nSPS) is 33.2. The molecule has 2 amide bonds. The lowest BCUT2D eigenvalue weighted by molar-refractivity contribution is -0.169. The summed E-state index contributed by atoms with van der Waals surface area (Å²) in [7, 11) is 0. The van der Waals surface area contributed by atoms with Gasteiger partial charge in [0.25, 0.3) is 5.92 Å². The number of alkyl halides is 2. The zero-order valence-corrected chi connectivity index (χ0v) is 17.8. The molecule has 0 radical (unpaired) electrons. The third kappa shape index (κ3) is 4.06. The number of carbonyl (C=O) groups is 2. The van der Waals surface area contributed by atoms with Crippen molar-refractivity contribution in [1.82, 2.24) is 19.7 Å². The van der Waals surface area contributed by atoms with Crippen LogP contribution in [0.1, 0.15) is 44.1 Å². The van der Waals surface area contributed by atoms with Gasteiger partial charge in [0, 0.05) is 63.4 Å². The van der Waals surface area contributed by atoms with Crippen molar-refractivity contribution in [3.63, 3.8) is 0 Å². The van der Waals surface area contributed by atoms with Crippen molar-refractivity contribution in [2.45, 2.75) is 63.1 Å². The molecular weight excluding hydrogens is 402 g/mol. The predicted octanol–water partition coefficient (Wildman–Crippen LogP) is 2.54. The Labute approximate surface area is 181 Å². The minimum atomic E-state index is -2.84. The third-order valence-electron chi connectivity index (χ3n) is 7.50. The van der Waals surface area contributed by atoms with E-state index in [1.807, 2.05) is 23.2 Å². The number of hydrogen-bond acceptors (Lipinski definition) is 4. The number of fused-ring (bicyclic) bond motifs is 4. The molecule has 0 N–H and O–H groups in total. The molecule has 0 saturated carbocycles. The maximum absolute atomic E-state index is 14.1. The number of rotatable bonds is 3. The Hall–Kier alpha value is -2.09. The van der Waals surface area contributed by atoms with Gasteiger partial charge in [-0.3, -0.25) is 19.5 Å². The second kappa shape index (κ2) is 8.11. The molecule has 6 nitrogen and oxygen atoms in total. The highest BCUT2D eigenvalue weighted by molar-refractivity contribution is 5.89. The monoisotopic (exact) mass is 432 g/mol. The number of likely N-dealkylation sites (tertiary alicyclic amines) is 2. The van der Waals surface area contributed by atoms with Gasteiger partial charge >= 0.3 is 0 Å². The lowest BCUT2D eigenvalue weighted by Crippen LogP contribution is -2.69. The lowest BCUT2D eigenvalue weighted by Gasteiger charge is -2.56. The molecule has 4 fully saturated rings. The number of carbonyl (C=O) groups excluding carboxylic acids is 2. The van der Waals surface area contributed by atoms with Gasteiger partial charge in [-0.05, 0) is 43.2 Å². The van der Waals surface area contributed by atoms with Gasteiger partial charge in [0.1, 0.15) is 6.04 Å². The molecular formula is C23H30F2N4O2. The largest absolute Gasteiger partial charge is 0.335 e. The summed E-state index contributed by atoms with van der Waals surface area (Å²) in [6, 6.07) is 3.39. The van der Waals surface area contributed by atoms with Gasteiger partial charge in [0.05, 0.1) is 6.54 Å². The molecule has 1 aromatic heterocycles. The first-order valence-corrected chi connectivity index (χ1v) is 11.5. The smallest absolute Gasteiger partial charge is 0.265 e. The fourth-order valence-corrected chi connectivity index (χ4v) is 6.29. The molecule has 0 unspecified atom stereocenters. The van der Waals surface area contributed by atoms with Crippen molar-refractivity contribution in [2.24, 2.45) is 11.8 Å². The van der Waals surface area contributed by atoms with E-state index in [1.54, 1.807) is 6.20 Å². The number of aromatic nitrogens is 1. The lowest BCUT2D eigenvalue weighted by atomic mass is 9.71. The molecule has 4 atom stereocenters. The van der Waals surface area contributed by atoms with E-state index in [1.165, 1.54) is 4.90 Å². The number of pyridine rings is 1. The summed E-state index contributed by atoms with van der Waals surface area (Å²) in [6.45, 7) is 2.17. The number of piperidine rings is 4. The van der Waals surface area contributed by atoms with E-state index in [9.17, 15) is 18.4 Å². The van der Waals surface area contributed by atoms with Gasteiger partial charge in [-0.1, -0.05) is 6.07 Å². The summed E-state index contributed by atoms with van der Waals surface area (Å²) in [4.78, 5) is 36.2. The van der Waals surface area contributed by atoms with Crippen molar-refractivity contribution < 1.29 is 18.4 Å². The van der Waals surface area contributed by atoms with E-state index in [4.69, 9.17) is 0 Å². The molecule has 1 aromatic rings. The van der Waals surface area contributed by atoms with Crippen LogP contribution in [0.2, 0.25) is 0 Å². The van der Waals surface area contributed by atoms with Gasteiger partial charge < -0.3 is 9.80 Å². The SMILES string of the molecule is O=C([C@H]1[C@H]2C[C@H](CN(Cc3cccnc3)C2)[C@@H]2CCCC(=O)N21)N1CCCC(F)(F)C1. The van der Waals surface area contributed by atoms with Crippen LogP contribution < -0.4 is 0 Å². The summed E-state index contributed by atoms with van der Waals surface area (Å²) < 4.78 is 28.1. The Morgan fingerprint density at radius 2 is 2.06 bits per heavy atom. The topological polar surface area (TPSA) is 56.8 Å². The van der Waals surface area contributed by atoms with Gasteiger partial charge in [-0.2, -0.15) is 0 Å². The molecule has 4 saturated heterocycles. The first kappa shape index (κ1) is 20.8. The molecule has 2 bridgehead atoms. The van der Waals surface area contributed by atoms with Crippen LogP contribution in [0.5, 0.6) is 0 Å². The zero-order valence-electron chi connectivity index (χ0n) is 17.8. The fraction of sp³-hybridized carbons (Fsp3) is 0.696. The minimum absolute atomic E-state index is 0.0169. The van der Waals surface area contributed by atoms with Crippen molar-refractivity contribution in [3.8, 4) is 0 Å². The van der Waals surface area contributed by atoms with Gasteiger partial charge in [-0.15, -0.1) is 0 Å². The molecule has 0 aromatic carbocycles. The van der Waals surface area contributed by atoms with E-state index >= 15 is 0 Å². The van der Waals surface area contributed by atoms with E-state index in [0.29, 0.717) is 31.8 Å². The zero-order chi connectivity index (χ0) is 21.6. The predicted molar refractivity (Wildman–Crippen MR) is 110 cm³/mol. The molecule has 5 heterocycles. The molecule has 0 aliphatic carbocycles. The van der Waals surface area contributed by atoms with Crippen LogP contribution >= 0.6 is 0 Å². The van der Waals surface area contributed by atoms with Gasteiger partial charge in [-0.25, -0.2) is 8.78 Å². The van der Waals surface area contributed by atoms with Crippen LogP contribution in [-0.2, 0) is 16.1 Å². The van der Waals surface area contributed by atoms with Gasteiger partial charge in [0.15, 0.2) is 0 Å². The maximum Gasteiger partial charge on any atom is 0.265 e. The van der Waals surface area contributed by atoms with E-state index in [2.05, 4.69) is 9.88 Å². The standard InChI is InChI=1S/C23H30F2N4O2/c24-23(25)7-3-9-28(15-23)22(31)21-18-10-17(19-5-1-6-20(30)29(19)21)13-27(14-18)12-16-4-2-8-26-11-16/h2,4,8,11,17-19,21H,1,3,5-7,9-10,12-15H2/t17-,18+,19+,21-/m1/s1. The third-order valence-corrected chi connectivity index (χ3v) is 7.50. The van der Waals surface area contributed by atoms with Crippen LogP contribution in [0.4, 0.5) is 8.78 Å². The summed E-state index contributed by atoms with van der Waals surface area (Å²) >= 11 is 0. The van der Waals surface area contributed by atoms with Crippen molar-refractivity contribution >= 4 is 11.8 Å². The van der Waals surface area contributed by atoms with Crippen molar-refractivity contribution in [3.05, 3.63) is 30.1 Å². The second-order valence-corrected chi connectivity index (χ2v) is 9.74. The second-order valence-electron chi connectivity index (χ2n) is 9.74. The molecule has 0 spiro atoms.